The van der Waals surface area contributed by atoms with E-state index < -0.39 is 0 Å². The van der Waals surface area contributed by atoms with Gasteiger partial charge < -0.3 is 0 Å². The molecule has 1 heterocycles. The molecule has 0 atom stereocenters. The Kier molecular flexibility index (Phi) is 8.13. The second kappa shape index (κ2) is 12.4. The monoisotopic (exact) mass is 622 g/mol. The average molecular weight is 621 g/mol. The van der Waals surface area contributed by atoms with E-state index in [4.69, 9.17) is 83.4 Å². The fourth-order valence-corrected chi connectivity index (χ4v) is 7.21. The van der Waals surface area contributed by atoms with Crippen molar-refractivity contribution in [3.63, 3.8) is 0 Å². The maximum atomic E-state index is 6.68. The fourth-order valence-electron chi connectivity index (χ4n) is 7.21. The van der Waals surface area contributed by atoms with Crippen LogP contribution in [0.1, 0.15) is 0 Å². The fraction of sp³-hybridized carbons (Fsp3) is 0. The van der Waals surface area contributed by atoms with E-state index in [-0.39, 0.29) is 54.6 Å². The molecule has 20 radical (unpaired) electrons. The largest absolute Gasteiger partial charge is 0.294 e. The van der Waals surface area contributed by atoms with Crippen molar-refractivity contribution in [3.05, 3.63) is 97.1 Å². The van der Waals surface area contributed by atoms with Gasteiger partial charge in [0.25, 0.3) is 0 Å². The molecule has 0 amide bonds. The number of aromatic nitrogens is 2. The van der Waals surface area contributed by atoms with E-state index in [9.17, 15) is 0 Å². The quantitative estimate of drug-likeness (QED) is 0.169. The highest BCUT2D eigenvalue weighted by molar-refractivity contribution is 6.70. The minimum absolute atomic E-state index is 0.129. The van der Waals surface area contributed by atoms with Gasteiger partial charge in [-0.05, 0) is 55.9 Å². The Morgan fingerprint density at radius 2 is 0.745 bits per heavy atom. The molecule has 1 aromatic heterocycles. The van der Waals surface area contributed by atoms with Crippen molar-refractivity contribution in [3.8, 4) is 39.3 Å². The molecule has 7 aromatic carbocycles. The molecule has 0 spiro atoms. The zero-order valence-electron chi connectivity index (χ0n) is 27.4. The molecule has 212 valence electrons. The molecular formula is C39H16B10N2. The molecule has 0 saturated heterocycles. The van der Waals surface area contributed by atoms with Crippen LogP contribution >= 0.6 is 0 Å². The van der Waals surface area contributed by atoms with E-state index >= 15 is 0 Å². The molecule has 12 heteroatoms. The SMILES string of the molecule is [B]c1c([B])c([B])c(-c2c3ccccc3c(-c3ccccc3-c3nc4ccccc4n3-c3c([B])c([B])c([B])c([B])c3[B])c3ccccc23)c([B])c1[B]. The van der Waals surface area contributed by atoms with Crippen LogP contribution in [0.15, 0.2) is 97.1 Å². The number of rotatable bonds is 4. The van der Waals surface area contributed by atoms with Crippen LogP contribution in [0.5, 0.6) is 0 Å². The van der Waals surface area contributed by atoms with Crippen molar-refractivity contribution in [1.29, 1.82) is 0 Å². The maximum Gasteiger partial charge on any atom is 0.146 e. The molecule has 0 aliphatic carbocycles. The third-order valence-corrected chi connectivity index (χ3v) is 9.77. The van der Waals surface area contributed by atoms with Gasteiger partial charge in [0.2, 0.25) is 0 Å². The summed E-state index contributed by atoms with van der Waals surface area (Å²) in [7, 11) is 64.7. The van der Waals surface area contributed by atoms with Crippen LogP contribution in [0.3, 0.4) is 0 Å². The summed E-state index contributed by atoms with van der Waals surface area (Å²) in [6, 6.07) is 31.8. The molecule has 0 fully saturated rings. The van der Waals surface area contributed by atoms with Crippen LogP contribution in [0.25, 0.3) is 71.9 Å². The van der Waals surface area contributed by atoms with Gasteiger partial charge in [-0.25, -0.2) is 4.98 Å². The Labute approximate surface area is 310 Å². The summed E-state index contributed by atoms with van der Waals surface area (Å²) in [5.41, 5.74) is 7.64. The van der Waals surface area contributed by atoms with Gasteiger partial charge in [0, 0.05) is 11.3 Å². The third kappa shape index (κ3) is 4.90. The molecule has 8 rings (SSSR count). The summed E-state index contributed by atoms with van der Waals surface area (Å²) < 4.78 is 1.89. The van der Waals surface area contributed by atoms with E-state index in [1.165, 1.54) is 0 Å². The van der Waals surface area contributed by atoms with E-state index in [2.05, 4.69) is 18.2 Å². The van der Waals surface area contributed by atoms with Crippen molar-refractivity contribution in [2.45, 2.75) is 0 Å². The first-order valence-electron chi connectivity index (χ1n) is 16.1. The molecule has 0 unspecified atom stereocenters. The van der Waals surface area contributed by atoms with Gasteiger partial charge in [-0.2, -0.15) is 0 Å². The van der Waals surface area contributed by atoms with Gasteiger partial charge in [-0.1, -0.05) is 107 Å². The number of fused-ring (bicyclic) bond motifs is 3. The van der Waals surface area contributed by atoms with Gasteiger partial charge in [0.05, 0.1) is 11.0 Å². The van der Waals surface area contributed by atoms with Crippen molar-refractivity contribution < 1.29 is 0 Å². The molecule has 51 heavy (non-hydrogen) atoms. The summed E-state index contributed by atoms with van der Waals surface area (Å²) in [6.45, 7) is 0. The number of imidazole rings is 1. The van der Waals surface area contributed by atoms with Crippen LogP contribution in [0.2, 0.25) is 0 Å². The number of benzene rings is 7. The zero-order valence-corrected chi connectivity index (χ0v) is 27.4. The van der Waals surface area contributed by atoms with Gasteiger partial charge in [0.15, 0.2) is 0 Å². The summed E-state index contributed by atoms with van der Waals surface area (Å²) in [6.07, 6.45) is 0. The molecule has 0 saturated carbocycles. The van der Waals surface area contributed by atoms with Crippen molar-refractivity contribution in [1.82, 2.24) is 9.55 Å². The molecule has 2 nitrogen and oxygen atoms in total. The van der Waals surface area contributed by atoms with Crippen LogP contribution in [0, 0.1) is 0 Å². The van der Waals surface area contributed by atoms with E-state index in [0.29, 0.717) is 22.6 Å². The first kappa shape index (κ1) is 33.3. The molecule has 0 bridgehead atoms. The van der Waals surface area contributed by atoms with Crippen molar-refractivity contribution in [2.75, 3.05) is 0 Å². The van der Waals surface area contributed by atoms with Gasteiger partial charge in [0.1, 0.15) is 84.3 Å². The molecule has 0 aliphatic rings. The smallest absolute Gasteiger partial charge is 0.146 e. The number of hydrogen-bond acceptors (Lipinski definition) is 1. The van der Waals surface area contributed by atoms with Gasteiger partial charge in [-0.3, -0.25) is 4.57 Å². The van der Waals surface area contributed by atoms with E-state index in [0.717, 1.165) is 49.3 Å². The predicted octanol–water partition coefficient (Wildman–Crippen LogP) is -1.73. The Morgan fingerprint density at radius 1 is 0.353 bits per heavy atom. The lowest BCUT2D eigenvalue weighted by atomic mass is 9.59. The first-order valence-corrected chi connectivity index (χ1v) is 16.1. The lowest BCUT2D eigenvalue weighted by molar-refractivity contribution is 1.12. The topological polar surface area (TPSA) is 17.8 Å². The Balaban J connectivity index is 1.52. The van der Waals surface area contributed by atoms with Gasteiger partial charge >= 0.3 is 0 Å². The van der Waals surface area contributed by atoms with Crippen molar-refractivity contribution in [2.24, 2.45) is 0 Å². The number of hydrogen-bond donors (Lipinski definition) is 0. The van der Waals surface area contributed by atoms with E-state index in [1.807, 2.05) is 83.4 Å². The van der Waals surface area contributed by atoms with Crippen LogP contribution in [-0.4, -0.2) is 88.0 Å². The molecule has 0 aliphatic heterocycles. The summed E-state index contributed by atoms with van der Waals surface area (Å²) >= 11 is 0. The minimum Gasteiger partial charge on any atom is -0.294 e. The first-order chi connectivity index (χ1) is 24.5. The zero-order chi connectivity index (χ0) is 35.9. The van der Waals surface area contributed by atoms with Gasteiger partial charge in [-0.15, -0.1) is 32.8 Å². The molecule has 0 N–H and O–H groups in total. The standard InChI is InChI=1S/C39H16B10N2/c40-28-27(29(41)31(43)32(44)30(28)42)26-19-11-3-1-9-17(19)25(18-10-2-4-12-20(18)26)21-13-5-6-14-22(21)39-50-23-15-7-8-16-24(23)51(39)38-36(48)34(46)33(45)35(47)37(38)49/h1-16H. The minimum atomic E-state index is 0.129. The lowest BCUT2D eigenvalue weighted by Crippen LogP contribution is -2.56. The Bertz CT molecular complexity index is 2660. The van der Waals surface area contributed by atoms with Crippen molar-refractivity contribution >= 4 is 166 Å². The average Bonchev–Trinajstić information content (AvgIpc) is 3.53. The second-order valence-electron chi connectivity index (χ2n) is 12.5. The lowest BCUT2D eigenvalue weighted by Gasteiger charge is -2.26. The van der Waals surface area contributed by atoms with E-state index in [1.54, 1.807) is 0 Å². The maximum absolute atomic E-state index is 6.68. The summed E-state index contributed by atoms with van der Waals surface area (Å²) in [5.74, 6) is 0.568. The highest BCUT2D eigenvalue weighted by Gasteiger charge is 2.25. The predicted molar refractivity (Wildman–Crippen MR) is 226 cm³/mol. The second-order valence-corrected chi connectivity index (χ2v) is 12.5. The number of nitrogens with zero attached hydrogens (tertiary/aromatic N) is 2. The summed E-state index contributed by atoms with van der Waals surface area (Å²) in [4.78, 5) is 5.15. The molecule has 8 aromatic rings. The number of para-hydroxylation sites is 2. The Morgan fingerprint density at radius 3 is 1.27 bits per heavy atom. The third-order valence-electron chi connectivity index (χ3n) is 9.77. The summed E-state index contributed by atoms with van der Waals surface area (Å²) in [5, 5.41) is 3.61. The van der Waals surface area contributed by atoms with Crippen LogP contribution in [-0.2, 0) is 0 Å². The highest BCUT2D eigenvalue weighted by Crippen LogP contribution is 2.45. The highest BCUT2D eigenvalue weighted by atomic mass is 15.1. The van der Waals surface area contributed by atoms with Crippen LogP contribution in [0.4, 0.5) is 0 Å². The van der Waals surface area contributed by atoms with Crippen LogP contribution < -0.4 is 54.6 Å². The Hall–Kier alpha value is -4.82. The normalized spacial score (nSPS) is 11.5. The molecular weight excluding hydrogens is 605 g/mol.